The highest BCUT2D eigenvalue weighted by Gasteiger charge is 2.23. The van der Waals surface area contributed by atoms with Crippen molar-refractivity contribution >= 4 is 29.2 Å². The van der Waals surface area contributed by atoms with Crippen LogP contribution in [0, 0.1) is 31.4 Å². The molecule has 0 radical (unpaired) electrons. The largest absolute Gasteiger partial charge is 0.335 e. The van der Waals surface area contributed by atoms with E-state index >= 15 is 0 Å². The van der Waals surface area contributed by atoms with E-state index in [9.17, 15) is 10.1 Å². The second kappa shape index (κ2) is 5.14. The van der Waals surface area contributed by atoms with Crippen molar-refractivity contribution in [2.24, 2.45) is 0 Å². The minimum absolute atomic E-state index is 0.0600. The summed E-state index contributed by atoms with van der Waals surface area (Å²) in [5.41, 5.74) is -0.407. The molecule has 0 aliphatic carbocycles. The van der Waals surface area contributed by atoms with Crippen molar-refractivity contribution < 1.29 is 4.92 Å². The van der Waals surface area contributed by atoms with Crippen LogP contribution in [0.3, 0.4) is 0 Å². The fraction of sp³-hybridized carbons (Fsp3) is 0. The lowest BCUT2D eigenvalue weighted by molar-refractivity contribution is -0.391. The van der Waals surface area contributed by atoms with Gasteiger partial charge in [0.1, 0.15) is 17.1 Å². The molecule has 0 N–H and O–H groups in total. The number of nitrogens with zero attached hydrogens (tertiary/aromatic N) is 5. The zero-order chi connectivity index (χ0) is 11.3. The fourth-order valence-corrected chi connectivity index (χ4v) is 1.71. The third-order valence-electron chi connectivity index (χ3n) is 1.22. The van der Waals surface area contributed by atoms with E-state index in [4.69, 9.17) is 10.5 Å². The van der Waals surface area contributed by atoms with Crippen molar-refractivity contribution in [2.45, 2.75) is 10.1 Å². The molecule has 0 aromatic carbocycles. The summed E-state index contributed by atoms with van der Waals surface area (Å²) in [5.74, 6) is 0. The van der Waals surface area contributed by atoms with Crippen LogP contribution in [0.15, 0.2) is 16.4 Å². The van der Waals surface area contributed by atoms with Gasteiger partial charge in [0.15, 0.2) is 10.1 Å². The SMILES string of the molecule is N#CSc1ncnc(SC#N)c1[N+](=O)[O-]. The number of aromatic nitrogens is 2. The molecule has 0 aliphatic heterocycles. The number of thiocyanates is 2. The molecule has 0 saturated carbocycles. The molecule has 0 unspecified atom stereocenters. The smallest absolute Gasteiger partial charge is 0.258 e. The predicted octanol–water partition coefficient (Wildman–Crippen LogP) is 1.53. The van der Waals surface area contributed by atoms with E-state index in [1.165, 1.54) is 0 Å². The first-order chi connectivity index (χ1) is 7.20. The van der Waals surface area contributed by atoms with Crippen molar-refractivity contribution in [3.63, 3.8) is 0 Å². The van der Waals surface area contributed by atoms with Gasteiger partial charge in [-0.3, -0.25) is 10.1 Å². The Bertz CT molecular complexity index is 443. The van der Waals surface area contributed by atoms with Crippen molar-refractivity contribution in [1.29, 1.82) is 10.5 Å². The lowest BCUT2D eigenvalue weighted by atomic mass is 10.5. The Morgan fingerprint density at radius 1 is 1.27 bits per heavy atom. The number of hydrogen-bond donors (Lipinski definition) is 0. The Kier molecular flexibility index (Phi) is 3.85. The van der Waals surface area contributed by atoms with Crippen LogP contribution in [0.25, 0.3) is 0 Å². The van der Waals surface area contributed by atoms with Gasteiger partial charge in [-0.2, -0.15) is 10.5 Å². The van der Waals surface area contributed by atoms with E-state index in [1.54, 1.807) is 10.8 Å². The number of thioether (sulfide) groups is 2. The van der Waals surface area contributed by atoms with Crippen LogP contribution in [0.1, 0.15) is 0 Å². The summed E-state index contributed by atoms with van der Waals surface area (Å²) in [4.78, 5) is 17.2. The van der Waals surface area contributed by atoms with Crippen LogP contribution in [0.4, 0.5) is 5.69 Å². The normalized spacial score (nSPS) is 8.93. The lowest BCUT2D eigenvalue weighted by Gasteiger charge is -1.98. The molecule has 9 heteroatoms. The first-order valence-electron chi connectivity index (χ1n) is 3.32. The molecular formula is C6HN5O2S2. The Morgan fingerprint density at radius 3 is 2.07 bits per heavy atom. The van der Waals surface area contributed by atoms with Crippen LogP contribution in [-0.4, -0.2) is 14.9 Å². The van der Waals surface area contributed by atoms with E-state index in [0.717, 1.165) is 6.33 Å². The van der Waals surface area contributed by atoms with Crippen LogP contribution >= 0.6 is 23.5 Å². The van der Waals surface area contributed by atoms with Crippen LogP contribution < -0.4 is 0 Å². The van der Waals surface area contributed by atoms with Gasteiger partial charge in [0.2, 0.25) is 0 Å². The second-order valence-electron chi connectivity index (χ2n) is 1.98. The average Bonchev–Trinajstić information content (AvgIpc) is 2.18. The number of hydrogen-bond acceptors (Lipinski definition) is 8. The molecule has 1 rings (SSSR count). The highest BCUT2D eigenvalue weighted by atomic mass is 32.2. The third-order valence-corrected chi connectivity index (χ3v) is 2.39. The first-order valence-corrected chi connectivity index (χ1v) is 4.95. The van der Waals surface area contributed by atoms with Crippen LogP contribution in [0.2, 0.25) is 0 Å². The first kappa shape index (κ1) is 11.2. The summed E-state index contributed by atoms with van der Waals surface area (Å²) in [6.07, 6.45) is 1.08. The monoisotopic (exact) mass is 239 g/mol. The van der Waals surface area contributed by atoms with Gasteiger partial charge in [-0.05, 0) is 0 Å². The summed E-state index contributed by atoms with van der Waals surface area (Å²) in [6, 6.07) is 0. The van der Waals surface area contributed by atoms with Crippen molar-refractivity contribution in [3.8, 4) is 10.8 Å². The Morgan fingerprint density at radius 2 is 1.73 bits per heavy atom. The molecule has 7 nitrogen and oxygen atoms in total. The lowest BCUT2D eigenvalue weighted by Crippen LogP contribution is -1.97. The molecule has 1 aromatic heterocycles. The predicted molar refractivity (Wildman–Crippen MR) is 51.6 cm³/mol. The molecular weight excluding hydrogens is 238 g/mol. The maximum absolute atomic E-state index is 10.7. The highest BCUT2D eigenvalue weighted by molar-refractivity contribution is 8.04. The molecule has 0 spiro atoms. The summed E-state index contributed by atoms with van der Waals surface area (Å²) in [5, 5.41) is 30.7. The van der Waals surface area contributed by atoms with Crippen molar-refractivity contribution in [3.05, 3.63) is 16.4 Å². The Balaban J connectivity index is 3.30. The summed E-state index contributed by atoms with van der Waals surface area (Å²) in [7, 11) is 0. The molecule has 0 amide bonds. The van der Waals surface area contributed by atoms with E-state index in [0.29, 0.717) is 23.5 Å². The summed E-state index contributed by atoms with van der Waals surface area (Å²) >= 11 is 1.12. The molecule has 15 heavy (non-hydrogen) atoms. The van der Waals surface area contributed by atoms with Gasteiger partial charge in [0.05, 0.1) is 4.92 Å². The van der Waals surface area contributed by atoms with Gasteiger partial charge in [-0.15, -0.1) is 0 Å². The molecule has 1 heterocycles. The Hall–Kier alpha value is -1.84. The fourth-order valence-electron chi connectivity index (χ4n) is 0.740. The van der Waals surface area contributed by atoms with Gasteiger partial charge in [-0.25, -0.2) is 9.97 Å². The maximum atomic E-state index is 10.7. The molecule has 0 bridgehead atoms. The van der Waals surface area contributed by atoms with Gasteiger partial charge >= 0.3 is 5.69 Å². The highest BCUT2D eigenvalue weighted by Crippen LogP contribution is 2.33. The third kappa shape index (κ3) is 2.56. The van der Waals surface area contributed by atoms with E-state index in [2.05, 4.69) is 9.97 Å². The number of rotatable bonds is 3. The quantitative estimate of drug-likeness (QED) is 0.256. The van der Waals surface area contributed by atoms with Crippen molar-refractivity contribution in [2.75, 3.05) is 0 Å². The molecule has 0 fully saturated rings. The number of nitriles is 2. The van der Waals surface area contributed by atoms with E-state index in [-0.39, 0.29) is 10.1 Å². The van der Waals surface area contributed by atoms with Crippen LogP contribution in [-0.2, 0) is 0 Å². The minimum Gasteiger partial charge on any atom is -0.258 e. The average molecular weight is 239 g/mol. The number of nitro groups is 1. The standard InChI is InChI=1S/C6HN5O2S2/c7-1-14-5-4(11(12)13)6(15-2-8)10-3-9-5/h3H. The maximum Gasteiger partial charge on any atom is 0.335 e. The van der Waals surface area contributed by atoms with Gasteiger partial charge in [0.25, 0.3) is 0 Å². The molecule has 74 valence electrons. The summed E-state index contributed by atoms with van der Waals surface area (Å²) < 4.78 is 0. The van der Waals surface area contributed by atoms with Crippen LogP contribution in [0.5, 0.6) is 0 Å². The molecule has 0 atom stereocenters. The zero-order valence-electron chi connectivity index (χ0n) is 6.95. The molecule has 0 aliphatic rings. The molecule has 1 aromatic rings. The summed E-state index contributed by atoms with van der Waals surface area (Å²) in [6.45, 7) is 0. The van der Waals surface area contributed by atoms with Gasteiger partial charge in [-0.1, -0.05) is 0 Å². The topological polar surface area (TPSA) is 116 Å². The van der Waals surface area contributed by atoms with Gasteiger partial charge < -0.3 is 0 Å². The van der Waals surface area contributed by atoms with E-state index < -0.39 is 10.6 Å². The minimum atomic E-state index is -0.709. The second-order valence-corrected chi connectivity index (χ2v) is 3.52. The molecule has 0 saturated heterocycles. The Labute approximate surface area is 92.3 Å². The van der Waals surface area contributed by atoms with Gasteiger partial charge in [0, 0.05) is 23.5 Å². The zero-order valence-corrected chi connectivity index (χ0v) is 8.58. The van der Waals surface area contributed by atoms with E-state index in [1.807, 2.05) is 0 Å². The van der Waals surface area contributed by atoms with Crippen molar-refractivity contribution in [1.82, 2.24) is 9.97 Å².